The van der Waals surface area contributed by atoms with E-state index in [1.165, 1.54) is 11.3 Å². The third-order valence-corrected chi connectivity index (χ3v) is 4.92. The second-order valence-electron chi connectivity index (χ2n) is 5.92. The summed E-state index contributed by atoms with van der Waals surface area (Å²) in [5, 5.41) is 8.44. The maximum atomic E-state index is 12.1. The fourth-order valence-electron chi connectivity index (χ4n) is 2.72. The number of likely N-dealkylation sites (tertiary alicyclic amines) is 1. The molecule has 1 aliphatic heterocycles. The van der Waals surface area contributed by atoms with Crippen molar-refractivity contribution in [2.75, 3.05) is 25.0 Å². The molecule has 1 aromatic heterocycles. The molecule has 2 N–H and O–H groups in total. The topological polar surface area (TPSA) is 70.7 Å². The number of urea groups is 1. The molecule has 0 spiro atoms. The summed E-state index contributed by atoms with van der Waals surface area (Å²) in [5.74, 6) is 0.927. The number of ether oxygens (including phenoxy) is 1. The molecular formula is C18H21N3O3S. The lowest BCUT2D eigenvalue weighted by molar-refractivity contribution is 0.130. The van der Waals surface area contributed by atoms with Gasteiger partial charge >= 0.3 is 12.1 Å². The number of amides is 3. The fraction of sp³-hybridized carbons (Fsp3) is 0.333. The van der Waals surface area contributed by atoms with Crippen LogP contribution in [0.5, 0.6) is 5.75 Å². The molecule has 0 atom stereocenters. The van der Waals surface area contributed by atoms with Crippen LogP contribution in [0.4, 0.5) is 14.6 Å². The standard InChI is InChI=1S/C18H21N3O3S/c22-17(20-16-7-4-12-25-16)19-13-14-8-10-21(11-9-14)18(23)24-15-5-2-1-3-6-15/h1-7,12,14H,8-11,13H2,(H2,19,20,22). The largest absolute Gasteiger partial charge is 0.415 e. The third kappa shape index (κ3) is 5.22. The van der Waals surface area contributed by atoms with Crippen molar-refractivity contribution in [1.82, 2.24) is 10.2 Å². The van der Waals surface area contributed by atoms with Crippen LogP contribution in [0.15, 0.2) is 47.8 Å². The lowest BCUT2D eigenvalue weighted by atomic mass is 9.97. The molecule has 1 aromatic carbocycles. The first-order valence-corrected chi connectivity index (χ1v) is 9.19. The summed E-state index contributed by atoms with van der Waals surface area (Å²) in [6.45, 7) is 1.90. The monoisotopic (exact) mass is 359 g/mol. The smallest absolute Gasteiger partial charge is 0.410 e. The van der Waals surface area contributed by atoms with Crippen molar-refractivity contribution in [2.45, 2.75) is 12.8 Å². The zero-order valence-electron chi connectivity index (χ0n) is 13.8. The Balaban J connectivity index is 1.37. The van der Waals surface area contributed by atoms with Gasteiger partial charge in [-0.15, -0.1) is 11.3 Å². The van der Waals surface area contributed by atoms with Gasteiger partial charge < -0.3 is 15.0 Å². The van der Waals surface area contributed by atoms with Crippen LogP contribution in [0.1, 0.15) is 12.8 Å². The quantitative estimate of drug-likeness (QED) is 0.873. The highest BCUT2D eigenvalue weighted by atomic mass is 32.1. The predicted molar refractivity (Wildman–Crippen MR) is 98.1 cm³/mol. The summed E-state index contributed by atoms with van der Waals surface area (Å²) in [6.07, 6.45) is 1.39. The van der Waals surface area contributed by atoms with Crippen LogP contribution in [-0.4, -0.2) is 36.7 Å². The Morgan fingerprint density at radius 1 is 1.12 bits per heavy atom. The number of piperidine rings is 1. The van der Waals surface area contributed by atoms with Crippen LogP contribution in [0.25, 0.3) is 0 Å². The van der Waals surface area contributed by atoms with E-state index >= 15 is 0 Å². The van der Waals surface area contributed by atoms with Crippen LogP contribution in [0.3, 0.4) is 0 Å². The minimum atomic E-state index is -0.312. The number of thiophene rings is 1. The van der Waals surface area contributed by atoms with Gasteiger partial charge in [0.05, 0.1) is 5.00 Å². The van der Waals surface area contributed by atoms with Crippen LogP contribution in [0, 0.1) is 5.92 Å². The minimum Gasteiger partial charge on any atom is -0.410 e. The lowest BCUT2D eigenvalue weighted by Gasteiger charge is -2.31. The number of hydrogen-bond donors (Lipinski definition) is 2. The highest BCUT2D eigenvalue weighted by Crippen LogP contribution is 2.19. The van der Waals surface area contributed by atoms with Gasteiger partial charge in [-0.2, -0.15) is 0 Å². The van der Waals surface area contributed by atoms with Crippen LogP contribution in [0.2, 0.25) is 0 Å². The average molecular weight is 359 g/mol. The zero-order valence-corrected chi connectivity index (χ0v) is 14.6. The Kier molecular flexibility index (Phi) is 5.90. The van der Waals surface area contributed by atoms with Gasteiger partial charge in [0.15, 0.2) is 0 Å². The summed E-state index contributed by atoms with van der Waals surface area (Å²) >= 11 is 1.49. The van der Waals surface area contributed by atoms with Crippen molar-refractivity contribution in [2.24, 2.45) is 5.92 Å². The van der Waals surface area contributed by atoms with E-state index in [1.807, 2.05) is 35.7 Å². The van der Waals surface area contributed by atoms with Gasteiger partial charge in [-0.05, 0) is 48.4 Å². The molecule has 0 unspecified atom stereocenters. The molecule has 0 radical (unpaired) electrons. The van der Waals surface area contributed by atoms with E-state index in [-0.39, 0.29) is 12.1 Å². The molecule has 7 heteroatoms. The first-order chi connectivity index (χ1) is 12.2. The molecule has 0 saturated carbocycles. The molecule has 0 bridgehead atoms. The molecule has 3 amide bonds. The van der Waals surface area contributed by atoms with Gasteiger partial charge in [0, 0.05) is 19.6 Å². The van der Waals surface area contributed by atoms with E-state index in [0.717, 1.165) is 17.8 Å². The number of hydrogen-bond acceptors (Lipinski definition) is 4. The fourth-order valence-corrected chi connectivity index (χ4v) is 3.33. The molecule has 2 heterocycles. The number of rotatable bonds is 4. The van der Waals surface area contributed by atoms with E-state index in [0.29, 0.717) is 31.3 Å². The second-order valence-corrected chi connectivity index (χ2v) is 6.87. The van der Waals surface area contributed by atoms with Gasteiger partial charge in [-0.1, -0.05) is 18.2 Å². The Labute approximate surface area is 150 Å². The lowest BCUT2D eigenvalue weighted by Crippen LogP contribution is -2.43. The predicted octanol–water partition coefficient (Wildman–Crippen LogP) is 3.78. The summed E-state index contributed by atoms with van der Waals surface area (Å²) in [5.41, 5.74) is 0. The molecule has 1 aliphatic rings. The SMILES string of the molecule is O=C(NCC1CCN(C(=O)Oc2ccccc2)CC1)Nc1cccs1. The Morgan fingerprint density at radius 2 is 1.88 bits per heavy atom. The highest BCUT2D eigenvalue weighted by Gasteiger charge is 2.24. The molecule has 3 rings (SSSR count). The molecule has 1 fully saturated rings. The molecule has 6 nitrogen and oxygen atoms in total. The number of anilines is 1. The van der Waals surface area contributed by atoms with Crippen LogP contribution >= 0.6 is 11.3 Å². The van der Waals surface area contributed by atoms with Gasteiger partial charge in [-0.3, -0.25) is 5.32 Å². The molecule has 132 valence electrons. The van der Waals surface area contributed by atoms with E-state index in [9.17, 15) is 9.59 Å². The summed E-state index contributed by atoms with van der Waals surface area (Å²) in [4.78, 5) is 25.7. The zero-order chi connectivity index (χ0) is 17.5. The molecular weight excluding hydrogens is 338 g/mol. The number of nitrogens with zero attached hydrogens (tertiary/aromatic N) is 1. The van der Waals surface area contributed by atoms with Crippen LogP contribution < -0.4 is 15.4 Å². The molecule has 0 aliphatic carbocycles. The molecule has 2 aromatic rings. The number of para-hydroxylation sites is 1. The first-order valence-electron chi connectivity index (χ1n) is 8.31. The maximum Gasteiger partial charge on any atom is 0.415 e. The summed E-state index contributed by atoms with van der Waals surface area (Å²) < 4.78 is 5.35. The number of carbonyl (C=O) groups excluding carboxylic acids is 2. The van der Waals surface area contributed by atoms with E-state index in [2.05, 4.69) is 10.6 Å². The molecule has 1 saturated heterocycles. The normalized spacial score (nSPS) is 14.8. The van der Waals surface area contributed by atoms with Crippen molar-refractivity contribution in [3.05, 3.63) is 47.8 Å². The van der Waals surface area contributed by atoms with Gasteiger partial charge in [0.25, 0.3) is 0 Å². The van der Waals surface area contributed by atoms with Crippen molar-refractivity contribution in [3.63, 3.8) is 0 Å². The summed E-state index contributed by atoms with van der Waals surface area (Å²) in [7, 11) is 0. The van der Waals surface area contributed by atoms with E-state index < -0.39 is 0 Å². The van der Waals surface area contributed by atoms with Gasteiger partial charge in [-0.25, -0.2) is 9.59 Å². The maximum absolute atomic E-state index is 12.1. The summed E-state index contributed by atoms with van der Waals surface area (Å²) in [6, 6.07) is 12.6. The van der Waals surface area contributed by atoms with Crippen molar-refractivity contribution in [1.29, 1.82) is 0 Å². The van der Waals surface area contributed by atoms with Crippen molar-refractivity contribution < 1.29 is 14.3 Å². The second kappa shape index (κ2) is 8.53. The van der Waals surface area contributed by atoms with E-state index in [1.54, 1.807) is 17.0 Å². The van der Waals surface area contributed by atoms with Gasteiger partial charge in [0.1, 0.15) is 5.75 Å². The minimum absolute atomic E-state index is 0.187. The Bertz CT molecular complexity index is 683. The van der Waals surface area contributed by atoms with E-state index in [4.69, 9.17) is 4.74 Å². The Morgan fingerprint density at radius 3 is 2.56 bits per heavy atom. The first kappa shape index (κ1) is 17.3. The number of nitrogens with one attached hydrogen (secondary N) is 2. The Hall–Kier alpha value is -2.54. The number of benzene rings is 1. The third-order valence-electron chi connectivity index (χ3n) is 4.13. The average Bonchev–Trinajstić information content (AvgIpc) is 3.14. The van der Waals surface area contributed by atoms with Crippen molar-refractivity contribution in [3.8, 4) is 5.75 Å². The van der Waals surface area contributed by atoms with Gasteiger partial charge in [0.2, 0.25) is 0 Å². The number of carbonyl (C=O) groups is 2. The van der Waals surface area contributed by atoms with Crippen molar-refractivity contribution >= 4 is 28.5 Å². The highest BCUT2D eigenvalue weighted by molar-refractivity contribution is 7.14. The van der Waals surface area contributed by atoms with Crippen LogP contribution in [-0.2, 0) is 0 Å². The molecule has 25 heavy (non-hydrogen) atoms.